The molecule has 2 aromatic rings. The van der Waals surface area contributed by atoms with E-state index in [0.29, 0.717) is 11.3 Å². The van der Waals surface area contributed by atoms with Crippen LogP contribution in [-0.2, 0) is 0 Å². The molecule has 1 aromatic carbocycles. The number of carbonyl (C=O) groups is 1. The van der Waals surface area contributed by atoms with Gasteiger partial charge in [-0.3, -0.25) is 14.7 Å². The molecule has 0 saturated carbocycles. The maximum absolute atomic E-state index is 12.6. The zero-order valence-electron chi connectivity index (χ0n) is 14.5. The van der Waals surface area contributed by atoms with Crippen LogP contribution >= 0.6 is 0 Å². The number of nitrogens with one attached hydrogen (secondary N) is 1. The number of likely N-dealkylation sites (tertiary alicyclic amines) is 1. The standard InChI is InChI=1S/C19H23N3O3/c1-22-11-16(8-17(22)12-23)21-19(24)14-5-3-4-13(6-14)15-7-18(25-2)10-20-9-15/h3-7,9-10,16-17,23H,8,11-12H2,1-2H3,(H,21,24)/t16-,17+/m1/s1. The lowest BCUT2D eigenvalue weighted by Crippen LogP contribution is -2.36. The Morgan fingerprint density at radius 3 is 2.92 bits per heavy atom. The molecule has 132 valence electrons. The fraction of sp³-hybridized carbons (Fsp3) is 0.368. The monoisotopic (exact) mass is 341 g/mol. The highest BCUT2D eigenvalue weighted by Crippen LogP contribution is 2.23. The fourth-order valence-corrected chi connectivity index (χ4v) is 3.20. The highest BCUT2D eigenvalue weighted by molar-refractivity contribution is 5.95. The van der Waals surface area contributed by atoms with Crippen molar-refractivity contribution in [3.05, 3.63) is 48.3 Å². The van der Waals surface area contributed by atoms with Gasteiger partial charge in [0.1, 0.15) is 5.75 Å². The predicted octanol–water partition coefficient (Wildman–Crippen LogP) is 1.55. The molecular formula is C19H23N3O3. The average molecular weight is 341 g/mol. The summed E-state index contributed by atoms with van der Waals surface area (Å²) in [5.74, 6) is 0.575. The first-order valence-electron chi connectivity index (χ1n) is 8.32. The van der Waals surface area contributed by atoms with Gasteiger partial charge in [-0.1, -0.05) is 12.1 Å². The van der Waals surface area contributed by atoms with Gasteiger partial charge in [0, 0.05) is 36.0 Å². The highest BCUT2D eigenvalue weighted by Gasteiger charge is 2.29. The van der Waals surface area contributed by atoms with Crippen molar-refractivity contribution in [1.29, 1.82) is 0 Å². The summed E-state index contributed by atoms with van der Waals surface area (Å²) in [7, 11) is 3.56. The number of aliphatic hydroxyl groups is 1. The lowest BCUT2D eigenvalue weighted by Gasteiger charge is -2.15. The molecule has 0 bridgehead atoms. The van der Waals surface area contributed by atoms with Crippen molar-refractivity contribution >= 4 is 5.91 Å². The number of pyridine rings is 1. The van der Waals surface area contributed by atoms with Crippen LogP contribution in [0.5, 0.6) is 5.75 Å². The molecule has 3 rings (SSSR count). The number of nitrogens with zero attached hydrogens (tertiary/aromatic N) is 2. The molecule has 1 fully saturated rings. The maximum atomic E-state index is 12.6. The Kier molecular flexibility index (Phi) is 5.31. The van der Waals surface area contributed by atoms with Crippen LogP contribution in [0.4, 0.5) is 0 Å². The molecule has 1 aliphatic rings. The normalized spacial score (nSPS) is 20.4. The Morgan fingerprint density at radius 2 is 2.20 bits per heavy atom. The highest BCUT2D eigenvalue weighted by atomic mass is 16.5. The molecule has 6 nitrogen and oxygen atoms in total. The van der Waals surface area contributed by atoms with E-state index in [2.05, 4.69) is 15.2 Å². The van der Waals surface area contributed by atoms with Crippen LogP contribution < -0.4 is 10.1 Å². The molecule has 0 unspecified atom stereocenters. The van der Waals surface area contributed by atoms with Crippen molar-refractivity contribution in [2.45, 2.75) is 18.5 Å². The minimum Gasteiger partial charge on any atom is -0.495 e. The third-order valence-corrected chi connectivity index (χ3v) is 4.64. The SMILES string of the molecule is COc1cncc(-c2cccc(C(=O)N[C@@H]3C[C@@H](CO)N(C)C3)c2)c1. The number of ether oxygens (including phenoxy) is 1. The first-order chi connectivity index (χ1) is 12.1. The molecule has 2 atom stereocenters. The van der Waals surface area contributed by atoms with Crippen molar-refractivity contribution in [3.8, 4) is 16.9 Å². The molecule has 0 radical (unpaired) electrons. The van der Waals surface area contributed by atoms with Gasteiger partial charge in [0.2, 0.25) is 0 Å². The average Bonchev–Trinajstić information content (AvgIpc) is 3.01. The number of rotatable bonds is 5. The van der Waals surface area contributed by atoms with Crippen molar-refractivity contribution < 1.29 is 14.6 Å². The van der Waals surface area contributed by atoms with Crippen molar-refractivity contribution in [2.24, 2.45) is 0 Å². The third kappa shape index (κ3) is 3.97. The van der Waals surface area contributed by atoms with Crippen LogP contribution in [0.15, 0.2) is 42.7 Å². The van der Waals surface area contributed by atoms with E-state index in [9.17, 15) is 9.90 Å². The van der Waals surface area contributed by atoms with Gasteiger partial charge in [0.15, 0.2) is 0 Å². The summed E-state index contributed by atoms with van der Waals surface area (Å²) in [6.45, 7) is 0.859. The summed E-state index contributed by atoms with van der Waals surface area (Å²) in [4.78, 5) is 18.8. The zero-order chi connectivity index (χ0) is 17.8. The lowest BCUT2D eigenvalue weighted by molar-refractivity contribution is 0.0938. The molecule has 2 N–H and O–H groups in total. The van der Waals surface area contributed by atoms with E-state index in [0.717, 1.165) is 24.1 Å². The van der Waals surface area contributed by atoms with Gasteiger partial charge < -0.3 is 15.2 Å². The van der Waals surface area contributed by atoms with E-state index >= 15 is 0 Å². The predicted molar refractivity (Wildman–Crippen MR) is 95.6 cm³/mol. The van der Waals surface area contributed by atoms with E-state index < -0.39 is 0 Å². The first-order valence-corrected chi connectivity index (χ1v) is 8.32. The molecule has 0 spiro atoms. The van der Waals surface area contributed by atoms with Crippen LogP contribution in [0.25, 0.3) is 11.1 Å². The van der Waals surface area contributed by atoms with Gasteiger partial charge in [0.05, 0.1) is 19.9 Å². The third-order valence-electron chi connectivity index (χ3n) is 4.64. The van der Waals surface area contributed by atoms with Crippen LogP contribution in [0.1, 0.15) is 16.8 Å². The number of hydrogen-bond acceptors (Lipinski definition) is 5. The summed E-state index contributed by atoms with van der Waals surface area (Å²) in [5.41, 5.74) is 2.42. The molecule has 2 heterocycles. The fourth-order valence-electron chi connectivity index (χ4n) is 3.20. The molecular weight excluding hydrogens is 318 g/mol. The van der Waals surface area contributed by atoms with E-state index in [1.807, 2.05) is 31.3 Å². The quantitative estimate of drug-likeness (QED) is 0.863. The van der Waals surface area contributed by atoms with Gasteiger partial charge in [-0.25, -0.2) is 0 Å². The van der Waals surface area contributed by atoms with Gasteiger partial charge in [-0.05, 0) is 37.2 Å². The van der Waals surface area contributed by atoms with Crippen molar-refractivity contribution in [2.75, 3.05) is 27.3 Å². The summed E-state index contributed by atoms with van der Waals surface area (Å²) in [6, 6.07) is 9.51. The summed E-state index contributed by atoms with van der Waals surface area (Å²) in [6.07, 6.45) is 4.16. The van der Waals surface area contributed by atoms with E-state index in [4.69, 9.17) is 4.74 Å². The number of amides is 1. The van der Waals surface area contributed by atoms with Crippen molar-refractivity contribution in [3.63, 3.8) is 0 Å². The minimum absolute atomic E-state index is 0.0526. The topological polar surface area (TPSA) is 74.7 Å². The number of carbonyl (C=O) groups excluding carboxylic acids is 1. The molecule has 1 amide bonds. The summed E-state index contributed by atoms with van der Waals surface area (Å²) < 4.78 is 5.21. The van der Waals surface area contributed by atoms with Crippen LogP contribution in [0.3, 0.4) is 0 Å². The lowest BCUT2D eigenvalue weighted by atomic mass is 10.0. The largest absolute Gasteiger partial charge is 0.495 e. The summed E-state index contributed by atoms with van der Waals surface area (Å²) >= 11 is 0. The molecule has 0 aliphatic carbocycles. The van der Waals surface area contributed by atoms with Crippen LogP contribution in [0.2, 0.25) is 0 Å². The number of likely N-dealkylation sites (N-methyl/N-ethyl adjacent to an activating group) is 1. The van der Waals surface area contributed by atoms with Gasteiger partial charge >= 0.3 is 0 Å². The van der Waals surface area contributed by atoms with Crippen LogP contribution in [-0.4, -0.2) is 60.3 Å². The number of methoxy groups -OCH3 is 1. The van der Waals surface area contributed by atoms with Gasteiger partial charge in [-0.15, -0.1) is 0 Å². The van der Waals surface area contributed by atoms with E-state index in [1.165, 1.54) is 0 Å². The molecule has 25 heavy (non-hydrogen) atoms. The Bertz CT molecular complexity index is 750. The second-order valence-electron chi connectivity index (χ2n) is 6.38. The second-order valence-corrected chi connectivity index (χ2v) is 6.38. The minimum atomic E-state index is -0.102. The second kappa shape index (κ2) is 7.63. The first kappa shape index (κ1) is 17.4. The summed E-state index contributed by atoms with van der Waals surface area (Å²) in [5, 5.41) is 12.4. The number of hydrogen-bond donors (Lipinski definition) is 2. The Morgan fingerprint density at radius 1 is 1.36 bits per heavy atom. The van der Waals surface area contributed by atoms with E-state index in [-0.39, 0.29) is 24.6 Å². The van der Waals surface area contributed by atoms with Gasteiger partial charge in [0.25, 0.3) is 5.91 Å². The smallest absolute Gasteiger partial charge is 0.251 e. The Labute approximate surface area is 147 Å². The zero-order valence-corrected chi connectivity index (χ0v) is 14.5. The van der Waals surface area contributed by atoms with Crippen molar-refractivity contribution in [1.82, 2.24) is 15.2 Å². The molecule has 6 heteroatoms. The van der Waals surface area contributed by atoms with E-state index in [1.54, 1.807) is 25.6 Å². The molecule has 1 saturated heterocycles. The van der Waals surface area contributed by atoms with Gasteiger partial charge in [-0.2, -0.15) is 0 Å². The Hall–Kier alpha value is -2.44. The molecule has 1 aliphatic heterocycles. The molecule has 1 aromatic heterocycles. The Balaban J connectivity index is 1.74. The van der Waals surface area contributed by atoms with Crippen LogP contribution in [0, 0.1) is 0 Å². The number of aromatic nitrogens is 1. The maximum Gasteiger partial charge on any atom is 0.251 e. The number of aliphatic hydroxyl groups excluding tert-OH is 1. The number of benzene rings is 1.